The fraction of sp³-hybridized carbons (Fsp3) is 1.00. The van der Waals surface area contributed by atoms with Crippen LogP contribution in [0.1, 0.15) is 58.8 Å². The molecule has 0 aliphatic heterocycles. The van der Waals surface area contributed by atoms with E-state index in [9.17, 15) is 0 Å². The number of hydrogen-bond acceptors (Lipinski definition) is 2. The summed E-state index contributed by atoms with van der Waals surface area (Å²) < 4.78 is 0. The number of hydrogen-bond donors (Lipinski definition) is 2. The lowest BCUT2D eigenvalue weighted by Crippen LogP contribution is -2.39. The maximum Gasteiger partial charge on any atom is 0.0165 e. The first-order valence-corrected chi connectivity index (χ1v) is 6.69. The summed E-state index contributed by atoms with van der Waals surface area (Å²) in [6, 6.07) is 0.352. The third-order valence-corrected chi connectivity index (χ3v) is 3.98. The summed E-state index contributed by atoms with van der Waals surface area (Å²) in [5.74, 6) is 0. The van der Waals surface area contributed by atoms with Gasteiger partial charge in [0.05, 0.1) is 0 Å². The highest BCUT2D eigenvalue weighted by molar-refractivity contribution is 4.85. The molecule has 0 saturated heterocycles. The zero-order valence-electron chi connectivity index (χ0n) is 10.5. The van der Waals surface area contributed by atoms with Crippen LogP contribution >= 0.6 is 0 Å². The Balaban J connectivity index is 2.17. The molecule has 0 spiro atoms. The summed E-state index contributed by atoms with van der Waals surface area (Å²) >= 11 is 0. The Morgan fingerprint density at radius 3 is 2.47 bits per heavy atom. The largest absolute Gasteiger partial charge is 0.327 e. The lowest BCUT2D eigenvalue weighted by Gasteiger charge is -2.28. The molecule has 1 rings (SSSR count). The Kier molecular flexibility index (Phi) is 5.62. The van der Waals surface area contributed by atoms with E-state index in [4.69, 9.17) is 5.73 Å². The Hall–Kier alpha value is -0.0800. The Bertz CT molecular complexity index is 162. The van der Waals surface area contributed by atoms with Crippen molar-refractivity contribution < 1.29 is 0 Å². The monoisotopic (exact) mass is 212 g/mol. The van der Waals surface area contributed by atoms with Crippen LogP contribution < -0.4 is 11.1 Å². The lowest BCUT2D eigenvalue weighted by molar-refractivity contribution is 0.266. The lowest BCUT2D eigenvalue weighted by atomic mass is 9.83. The third-order valence-electron chi connectivity index (χ3n) is 3.98. The molecule has 15 heavy (non-hydrogen) atoms. The number of nitrogens with two attached hydrogens (primary N) is 1. The summed E-state index contributed by atoms with van der Waals surface area (Å²) in [4.78, 5) is 0. The minimum Gasteiger partial charge on any atom is -0.327 e. The second-order valence-electron chi connectivity index (χ2n) is 5.24. The predicted octanol–water partition coefficient (Wildman–Crippen LogP) is 2.67. The van der Waals surface area contributed by atoms with Crippen molar-refractivity contribution in [3.05, 3.63) is 0 Å². The summed E-state index contributed by atoms with van der Waals surface area (Å²) in [5.41, 5.74) is 6.59. The molecule has 0 aromatic carbocycles. The quantitative estimate of drug-likeness (QED) is 0.681. The van der Waals surface area contributed by atoms with Gasteiger partial charge in [-0.15, -0.1) is 0 Å². The van der Waals surface area contributed by atoms with Gasteiger partial charge in [-0.3, -0.25) is 0 Å². The van der Waals surface area contributed by atoms with Gasteiger partial charge in [-0.25, -0.2) is 0 Å². The topological polar surface area (TPSA) is 38.0 Å². The van der Waals surface area contributed by atoms with E-state index in [2.05, 4.69) is 19.2 Å². The molecule has 90 valence electrons. The van der Waals surface area contributed by atoms with Crippen molar-refractivity contribution in [3.63, 3.8) is 0 Å². The van der Waals surface area contributed by atoms with Crippen molar-refractivity contribution in [2.24, 2.45) is 11.1 Å². The second kappa shape index (κ2) is 6.49. The van der Waals surface area contributed by atoms with Crippen LogP contribution in [0.15, 0.2) is 0 Å². The molecule has 0 aromatic rings. The Morgan fingerprint density at radius 1 is 1.27 bits per heavy atom. The molecule has 3 N–H and O–H groups in total. The first-order chi connectivity index (χ1) is 7.22. The predicted molar refractivity (Wildman–Crippen MR) is 66.9 cm³/mol. The standard InChI is InChI=1S/C13H28N2/c1-3-7-12(14)10-15-11-13(4-2)8-5-6-9-13/h12,15H,3-11,14H2,1-2H3. The van der Waals surface area contributed by atoms with Crippen LogP contribution in [0, 0.1) is 5.41 Å². The van der Waals surface area contributed by atoms with Crippen molar-refractivity contribution in [3.8, 4) is 0 Å². The van der Waals surface area contributed by atoms with Gasteiger partial charge in [0, 0.05) is 19.1 Å². The van der Waals surface area contributed by atoms with E-state index >= 15 is 0 Å². The molecule has 0 aromatic heterocycles. The average molecular weight is 212 g/mol. The summed E-state index contributed by atoms with van der Waals surface area (Å²) in [6.07, 6.45) is 9.35. The van der Waals surface area contributed by atoms with E-state index in [1.54, 1.807) is 0 Å². The molecule has 0 amide bonds. The van der Waals surface area contributed by atoms with Crippen molar-refractivity contribution in [1.82, 2.24) is 5.32 Å². The van der Waals surface area contributed by atoms with Crippen LogP contribution in [0.2, 0.25) is 0 Å². The zero-order valence-corrected chi connectivity index (χ0v) is 10.5. The van der Waals surface area contributed by atoms with Gasteiger partial charge in [0.1, 0.15) is 0 Å². The van der Waals surface area contributed by atoms with Crippen LogP contribution in [-0.4, -0.2) is 19.1 Å². The van der Waals surface area contributed by atoms with Gasteiger partial charge in [-0.05, 0) is 31.1 Å². The summed E-state index contributed by atoms with van der Waals surface area (Å²) in [5, 5.41) is 3.58. The van der Waals surface area contributed by atoms with E-state index in [1.165, 1.54) is 45.1 Å². The van der Waals surface area contributed by atoms with Crippen LogP contribution in [0.25, 0.3) is 0 Å². The molecular weight excluding hydrogens is 184 g/mol. The molecular formula is C13H28N2. The minimum atomic E-state index is 0.352. The molecule has 0 bridgehead atoms. The van der Waals surface area contributed by atoms with Gasteiger partial charge in [-0.1, -0.05) is 33.1 Å². The van der Waals surface area contributed by atoms with E-state index in [0.29, 0.717) is 11.5 Å². The molecule has 1 saturated carbocycles. The fourth-order valence-corrected chi connectivity index (χ4v) is 2.78. The molecule has 1 aliphatic rings. The number of nitrogens with one attached hydrogen (secondary N) is 1. The molecule has 1 aliphatic carbocycles. The molecule has 1 unspecified atom stereocenters. The molecule has 2 heteroatoms. The van der Waals surface area contributed by atoms with Gasteiger partial charge in [0.2, 0.25) is 0 Å². The van der Waals surface area contributed by atoms with Crippen LogP contribution in [0.5, 0.6) is 0 Å². The Morgan fingerprint density at radius 2 is 1.93 bits per heavy atom. The smallest absolute Gasteiger partial charge is 0.0165 e. The zero-order chi connectivity index (χ0) is 11.1. The maximum atomic E-state index is 5.99. The molecule has 1 fully saturated rings. The van der Waals surface area contributed by atoms with Gasteiger partial charge < -0.3 is 11.1 Å². The second-order valence-corrected chi connectivity index (χ2v) is 5.24. The summed E-state index contributed by atoms with van der Waals surface area (Å²) in [7, 11) is 0. The SMILES string of the molecule is CCCC(N)CNCC1(CC)CCCC1. The van der Waals surface area contributed by atoms with Gasteiger partial charge in [0.15, 0.2) is 0 Å². The van der Waals surface area contributed by atoms with E-state index in [-0.39, 0.29) is 0 Å². The van der Waals surface area contributed by atoms with Crippen LogP contribution in [0.4, 0.5) is 0 Å². The summed E-state index contributed by atoms with van der Waals surface area (Å²) in [6.45, 7) is 6.71. The first-order valence-electron chi connectivity index (χ1n) is 6.69. The van der Waals surface area contributed by atoms with Crippen LogP contribution in [0.3, 0.4) is 0 Å². The van der Waals surface area contributed by atoms with Crippen molar-refractivity contribution in [2.75, 3.05) is 13.1 Å². The van der Waals surface area contributed by atoms with Gasteiger partial charge >= 0.3 is 0 Å². The molecule has 1 atom stereocenters. The third kappa shape index (κ3) is 4.12. The highest BCUT2D eigenvalue weighted by Gasteiger charge is 2.31. The number of rotatable bonds is 7. The normalized spacial score (nSPS) is 21.8. The van der Waals surface area contributed by atoms with E-state index in [0.717, 1.165) is 13.0 Å². The van der Waals surface area contributed by atoms with Crippen molar-refractivity contribution in [1.29, 1.82) is 0 Å². The van der Waals surface area contributed by atoms with Crippen molar-refractivity contribution >= 4 is 0 Å². The fourth-order valence-electron chi connectivity index (χ4n) is 2.78. The first kappa shape index (κ1) is 13.0. The van der Waals surface area contributed by atoms with Crippen molar-refractivity contribution in [2.45, 2.75) is 64.8 Å². The van der Waals surface area contributed by atoms with Gasteiger partial charge in [0.25, 0.3) is 0 Å². The van der Waals surface area contributed by atoms with Gasteiger partial charge in [-0.2, -0.15) is 0 Å². The molecule has 0 heterocycles. The van der Waals surface area contributed by atoms with Crippen LogP contribution in [-0.2, 0) is 0 Å². The minimum absolute atomic E-state index is 0.352. The maximum absolute atomic E-state index is 5.99. The molecule has 0 radical (unpaired) electrons. The average Bonchev–Trinajstić information content (AvgIpc) is 2.68. The van der Waals surface area contributed by atoms with E-state index in [1.807, 2.05) is 0 Å². The van der Waals surface area contributed by atoms with E-state index < -0.39 is 0 Å². The Labute approximate surface area is 95.0 Å². The highest BCUT2D eigenvalue weighted by Crippen LogP contribution is 2.40. The molecule has 2 nitrogen and oxygen atoms in total. The highest BCUT2D eigenvalue weighted by atomic mass is 14.9.